The number of thiophene rings is 1. The summed E-state index contributed by atoms with van der Waals surface area (Å²) in [4.78, 5) is 11.8. The van der Waals surface area contributed by atoms with Crippen LogP contribution in [0.5, 0.6) is 5.75 Å². The molecule has 0 spiro atoms. The molecular weight excluding hydrogens is 398 g/mol. The first kappa shape index (κ1) is 19.5. The van der Waals surface area contributed by atoms with Crippen LogP contribution < -0.4 is 9.46 Å². The first-order chi connectivity index (χ1) is 13.4. The van der Waals surface area contributed by atoms with Gasteiger partial charge in [0.25, 0.3) is 10.0 Å². The standard InChI is InChI=1S/C20H15NO5S2/c1-26-18-10-8-15(20(22)23)13-19(18)28(24,25)21-16-5-2-4-14(12-16)7-9-17-6-3-11-27-17/h2-6,8,10-13,21H,1H3,(H,22,23). The molecule has 1 heterocycles. The maximum Gasteiger partial charge on any atom is 0.335 e. The van der Waals surface area contributed by atoms with Crippen LogP contribution in [0.1, 0.15) is 20.8 Å². The molecule has 0 saturated carbocycles. The van der Waals surface area contributed by atoms with Crippen molar-refractivity contribution in [2.45, 2.75) is 4.90 Å². The lowest BCUT2D eigenvalue weighted by atomic mass is 10.2. The Morgan fingerprint density at radius 1 is 1.11 bits per heavy atom. The highest BCUT2D eigenvalue weighted by atomic mass is 32.2. The second-order valence-corrected chi connectivity index (χ2v) is 8.18. The Morgan fingerprint density at radius 3 is 2.61 bits per heavy atom. The predicted molar refractivity (Wildman–Crippen MR) is 108 cm³/mol. The molecule has 3 rings (SSSR count). The van der Waals surface area contributed by atoms with E-state index in [0.717, 1.165) is 10.9 Å². The molecule has 142 valence electrons. The van der Waals surface area contributed by atoms with Crippen molar-refractivity contribution in [3.8, 4) is 17.6 Å². The van der Waals surface area contributed by atoms with Crippen LogP contribution in [0, 0.1) is 11.8 Å². The zero-order valence-corrected chi connectivity index (χ0v) is 16.3. The summed E-state index contributed by atoms with van der Waals surface area (Å²) in [5.74, 6) is 4.81. The van der Waals surface area contributed by atoms with Gasteiger partial charge in [0.05, 0.1) is 23.2 Å². The fourth-order valence-electron chi connectivity index (χ4n) is 2.37. The molecule has 0 fully saturated rings. The van der Waals surface area contributed by atoms with E-state index in [2.05, 4.69) is 16.6 Å². The number of rotatable bonds is 5. The van der Waals surface area contributed by atoms with E-state index in [1.807, 2.05) is 17.5 Å². The lowest BCUT2D eigenvalue weighted by Gasteiger charge is -2.12. The molecule has 8 heteroatoms. The molecule has 0 atom stereocenters. The molecule has 0 aliphatic carbocycles. The topological polar surface area (TPSA) is 92.7 Å². The Kier molecular flexibility index (Phi) is 5.68. The van der Waals surface area contributed by atoms with E-state index in [4.69, 9.17) is 9.84 Å². The number of sulfonamides is 1. The van der Waals surface area contributed by atoms with Gasteiger partial charge in [-0.1, -0.05) is 24.0 Å². The Bertz CT molecular complexity index is 1170. The van der Waals surface area contributed by atoms with Crippen molar-refractivity contribution in [3.63, 3.8) is 0 Å². The third kappa shape index (κ3) is 4.52. The van der Waals surface area contributed by atoms with Gasteiger partial charge in [-0.15, -0.1) is 11.3 Å². The molecule has 0 amide bonds. The normalized spacial score (nSPS) is 10.6. The van der Waals surface area contributed by atoms with E-state index in [-0.39, 0.29) is 16.2 Å². The number of carboxylic acids is 1. The first-order valence-corrected chi connectivity index (χ1v) is 10.3. The average molecular weight is 413 g/mol. The van der Waals surface area contributed by atoms with E-state index in [1.165, 1.54) is 30.6 Å². The quantitative estimate of drug-likeness (QED) is 0.623. The molecule has 28 heavy (non-hydrogen) atoms. The molecular formula is C20H15NO5S2. The summed E-state index contributed by atoms with van der Waals surface area (Å²) in [7, 11) is -2.76. The Hall–Kier alpha value is -3.28. The molecule has 0 bridgehead atoms. The maximum atomic E-state index is 12.8. The van der Waals surface area contributed by atoms with E-state index in [1.54, 1.807) is 24.3 Å². The molecule has 1 aromatic heterocycles. The van der Waals surface area contributed by atoms with Gasteiger partial charge in [0, 0.05) is 5.56 Å². The number of benzene rings is 2. The highest BCUT2D eigenvalue weighted by Crippen LogP contribution is 2.27. The van der Waals surface area contributed by atoms with Gasteiger partial charge in [0.2, 0.25) is 0 Å². The fraction of sp³-hybridized carbons (Fsp3) is 0.0500. The van der Waals surface area contributed by atoms with E-state index in [9.17, 15) is 13.2 Å². The number of nitrogens with one attached hydrogen (secondary N) is 1. The highest BCUT2D eigenvalue weighted by molar-refractivity contribution is 7.92. The summed E-state index contributed by atoms with van der Waals surface area (Å²) in [5.41, 5.74) is 0.789. The maximum absolute atomic E-state index is 12.8. The van der Waals surface area contributed by atoms with Crippen LogP contribution in [0.15, 0.2) is 64.9 Å². The predicted octanol–water partition coefficient (Wildman–Crippen LogP) is 3.66. The SMILES string of the molecule is COc1ccc(C(=O)O)cc1S(=O)(=O)Nc1cccc(C#Cc2cccs2)c1. The Morgan fingerprint density at radius 2 is 1.93 bits per heavy atom. The van der Waals surface area contributed by atoms with Crippen LogP contribution in [-0.2, 0) is 10.0 Å². The van der Waals surface area contributed by atoms with Gasteiger partial charge < -0.3 is 9.84 Å². The molecule has 0 radical (unpaired) electrons. The number of hydrogen-bond donors (Lipinski definition) is 2. The third-order valence-corrected chi connectivity index (χ3v) is 5.85. The second kappa shape index (κ2) is 8.17. The summed E-state index contributed by atoms with van der Waals surface area (Å²) >= 11 is 1.51. The summed E-state index contributed by atoms with van der Waals surface area (Å²) in [6.07, 6.45) is 0. The van der Waals surface area contributed by atoms with Gasteiger partial charge in [-0.3, -0.25) is 4.72 Å². The Balaban J connectivity index is 1.92. The van der Waals surface area contributed by atoms with Gasteiger partial charge in [-0.2, -0.15) is 0 Å². The largest absolute Gasteiger partial charge is 0.495 e. The van der Waals surface area contributed by atoms with Crippen LogP contribution in [0.2, 0.25) is 0 Å². The van der Waals surface area contributed by atoms with Crippen molar-refractivity contribution in [2.24, 2.45) is 0 Å². The van der Waals surface area contributed by atoms with Crippen LogP contribution >= 0.6 is 11.3 Å². The molecule has 2 N–H and O–H groups in total. The van der Waals surface area contributed by atoms with Crippen molar-refractivity contribution in [1.29, 1.82) is 0 Å². The number of hydrogen-bond acceptors (Lipinski definition) is 5. The van der Waals surface area contributed by atoms with Gasteiger partial charge in [-0.25, -0.2) is 13.2 Å². The fourth-order valence-corrected chi connectivity index (χ4v) is 4.19. The van der Waals surface area contributed by atoms with Crippen molar-refractivity contribution < 1.29 is 23.1 Å². The van der Waals surface area contributed by atoms with E-state index >= 15 is 0 Å². The Labute approximate surface area is 166 Å². The summed E-state index contributed by atoms with van der Waals surface area (Å²) in [6, 6.07) is 14.1. The number of anilines is 1. The zero-order valence-electron chi connectivity index (χ0n) is 14.7. The zero-order chi connectivity index (χ0) is 20.1. The molecule has 0 aliphatic rings. The van der Waals surface area contributed by atoms with Crippen LogP contribution in [0.25, 0.3) is 0 Å². The minimum absolute atomic E-state index is 0.0474. The van der Waals surface area contributed by atoms with E-state index < -0.39 is 16.0 Å². The van der Waals surface area contributed by atoms with Gasteiger partial charge in [0.15, 0.2) is 0 Å². The molecule has 0 unspecified atom stereocenters. The number of aromatic carboxylic acids is 1. The summed E-state index contributed by atoms with van der Waals surface area (Å²) in [5, 5.41) is 11.1. The van der Waals surface area contributed by atoms with Crippen molar-refractivity contribution in [1.82, 2.24) is 0 Å². The highest BCUT2D eigenvalue weighted by Gasteiger charge is 2.22. The molecule has 6 nitrogen and oxygen atoms in total. The number of carbonyl (C=O) groups is 1. The minimum Gasteiger partial charge on any atom is -0.495 e. The minimum atomic E-state index is -4.07. The summed E-state index contributed by atoms with van der Waals surface area (Å²) < 4.78 is 33.1. The summed E-state index contributed by atoms with van der Waals surface area (Å²) in [6.45, 7) is 0. The van der Waals surface area contributed by atoms with Crippen LogP contribution in [0.3, 0.4) is 0 Å². The monoisotopic (exact) mass is 413 g/mol. The van der Waals surface area contributed by atoms with Gasteiger partial charge >= 0.3 is 5.97 Å². The third-order valence-electron chi connectivity index (χ3n) is 3.67. The number of ether oxygens (including phenoxy) is 1. The van der Waals surface area contributed by atoms with Crippen molar-refractivity contribution >= 4 is 33.0 Å². The van der Waals surface area contributed by atoms with Crippen molar-refractivity contribution in [2.75, 3.05) is 11.8 Å². The molecule has 3 aromatic rings. The molecule has 0 saturated heterocycles. The van der Waals surface area contributed by atoms with Crippen molar-refractivity contribution in [3.05, 3.63) is 76.0 Å². The van der Waals surface area contributed by atoms with Crippen LogP contribution in [0.4, 0.5) is 5.69 Å². The van der Waals surface area contributed by atoms with Gasteiger partial charge in [-0.05, 0) is 47.8 Å². The molecule has 0 aliphatic heterocycles. The smallest absolute Gasteiger partial charge is 0.335 e. The van der Waals surface area contributed by atoms with Crippen LogP contribution in [-0.4, -0.2) is 26.6 Å². The van der Waals surface area contributed by atoms with E-state index in [0.29, 0.717) is 11.3 Å². The molecule has 2 aromatic carbocycles. The second-order valence-electron chi connectivity index (χ2n) is 5.58. The lowest BCUT2D eigenvalue weighted by molar-refractivity contribution is 0.0696. The number of methoxy groups -OCH3 is 1. The lowest BCUT2D eigenvalue weighted by Crippen LogP contribution is -2.15. The first-order valence-electron chi connectivity index (χ1n) is 7.99. The average Bonchev–Trinajstić information content (AvgIpc) is 3.19. The van der Waals surface area contributed by atoms with Gasteiger partial charge in [0.1, 0.15) is 10.6 Å². The number of carboxylic acid groups (broad SMARTS) is 1.